The molecule has 7 nitrogen and oxygen atoms in total. The van der Waals surface area contributed by atoms with Crippen molar-refractivity contribution >= 4 is 23.6 Å². The average Bonchev–Trinajstić information content (AvgIpc) is 2.67. The van der Waals surface area contributed by atoms with Crippen molar-refractivity contribution in [3.63, 3.8) is 0 Å². The van der Waals surface area contributed by atoms with Gasteiger partial charge in [-0.3, -0.25) is 9.69 Å². The molecule has 1 aliphatic rings. The maximum absolute atomic E-state index is 12.6. The SMILES string of the molecule is CCCNc1ccc(NC(=O)[C@H](C)N2CCCC(/C(N)=C/C=N)C2)nc1.[HH].[HH].[HH]. The molecule has 0 spiro atoms. The Morgan fingerprint density at radius 3 is 3.04 bits per heavy atom. The number of hydrogen-bond acceptors (Lipinski definition) is 6. The first kappa shape index (κ1) is 19.9. The Kier molecular flexibility index (Phi) is 7.59. The summed E-state index contributed by atoms with van der Waals surface area (Å²) in [5, 5.41) is 13.3. The van der Waals surface area contributed by atoms with Crippen LogP contribution in [0.2, 0.25) is 0 Å². The number of nitrogens with one attached hydrogen (secondary N) is 3. The maximum atomic E-state index is 12.6. The van der Waals surface area contributed by atoms with Crippen LogP contribution in [0, 0.1) is 11.3 Å². The zero-order chi connectivity index (χ0) is 18.9. The molecule has 1 aliphatic heterocycles. The Balaban J connectivity index is 0. The minimum absolute atomic E-state index is 0. The fourth-order valence-corrected chi connectivity index (χ4v) is 3.10. The Bertz CT molecular complexity index is 641. The van der Waals surface area contributed by atoms with E-state index in [1.807, 2.05) is 19.1 Å². The van der Waals surface area contributed by atoms with Crippen molar-refractivity contribution in [1.29, 1.82) is 5.41 Å². The van der Waals surface area contributed by atoms with Crippen LogP contribution in [0.3, 0.4) is 0 Å². The first-order chi connectivity index (χ1) is 12.5. The molecular weight excluding hydrogens is 328 g/mol. The largest absolute Gasteiger partial charge is 0.402 e. The lowest BCUT2D eigenvalue weighted by atomic mass is 9.93. The van der Waals surface area contributed by atoms with Gasteiger partial charge in [-0.1, -0.05) is 6.92 Å². The van der Waals surface area contributed by atoms with E-state index in [1.54, 1.807) is 12.3 Å². The van der Waals surface area contributed by atoms with Crippen LogP contribution in [0.25, 0.3) is 0 Å². The topological polar surface area (TPSA) is 107 Å². The van der Waals surface area contributed by atoms with Crippen molar-refractivity contribution in [2.24, 2.45) is 11.7 Å². The van der Waals surface area contributed by atoms with Gasteiger partial charge in [-0.2, -0.15) is 0 Å². The summed E-state index contributed by atoms with van der Waals surface area (Å²) < 4.78 is 0. The number of rotatable bonds is 8. The van der Waals surface area contributed by atoms with E-state index in [-0.39, 0.29) is 22.1 Å². The third-order valence-electron chi connectivity index (χ3n) is 4.72. The summed E-state index contributed by atoms with van der Waals surface area (Å²) in [5.41, 5.74) is 7.70. The van der Waals surface area contributed by atoms with Crippen LogP contribution in [0.5, 0.6) is 0 Å². The first-order valence-corrected chi connectivity index (χ1v) is 9.26. The monoisotopic (exact) mass is 364 g/mol. The van der Waals surface area contributed by atoms with E-state index < -0.39 is 0 Å². The number of piperidine rings is 1. The molecule has 1 aromatic heterocycles. The molecule has 2 rings (SSSR count). The van der Waals surface area contributed by atoms with E-state index in [1.165, 1.54) is 6.21 Å². The summed E-state index contributed by atoms with van der Waals surface area (Å²) in [5.74, 6) is 0.686. The van der Waals surface area contributed by atoms with Gasteiger partial charge in [-0.05, 0) is 50.9 Å². The molecule has 0 aliphatic carbocycles. The van der Waals surface area contributed by atoms with Gasteiger partial charge < -0.3 is 21.8 Å². The van der Waals surface area contributed by atoms with E-state index in [0.717, 1.165) is 44.6 Å². The van der Waals surface area contributed by atoms with Gasteiger partial charge in [-0.25, -0.2) is 4.98 Å². The lowest BCUT2D eigenvalue weighted by Gasteiger charge is -2.36. The van der Waals surface area contributed by atoms with E-state index in [0.29, 0.717) is 11.5 Å². The molecule has 2 heterocycles. The van der Waals surface area contributed by atoms with Crippen molar-refractivity contribution in [3.8, 4) is 0 Å². The molecule has 0 saturated carbocycles. The number of aromatic nitrogens is 1. The zero-order valence-corrected chi connectivity index (χ0v) is 15.7. The minimum Gasteiger partial charge on any atom is -0.402 e. The number of allylic oxidation sites excluding steroid dienone is 1. The molecule has 0 bridgehead atoms. The molecule has 148 valence electrons. The average molecular weight is 365 g/mol. The molecule has 1 aromatic rings. The number of hydrogen-bond donors (Lipinski definition) is 4. The Morgan fingerprint density at radius 2 is 2.38 bits per heavy atom. The molecule has 1 unspecified atom stereocenters. The van der Waals surface area contributed by atoms with Crippen LogP contribution in [0.1, 0.15) is 37.4 Å². The molecule has 26 heavy (non-hydrogen) atoms. The van der Waals surface area contributed by atoms with Crippen LogP contribution in [-0.2, 0) is 4.79 Å². The van der Waals surface area contributed by atoms with Crippen molar-refractivity contribution in [2.45, 2.75) is 39.2 Å². The van der Waals surface area contributed by atoms with Crippen molar-refractivity contribution in [1.82, 2.24) is 9.88 Å². The van der Waals surface area contributed by atoms with Gasteiger partial charge in [0.05, 0.1) is 17.9 Å². The molecule has 1 fully saturated rings. The van der Waals surface area contributed by atoms with Crippen LogP contribution in [0.15, 0.2) is 30.1 Å². The predicted octanol–water partition coefficient (Wildman–Crippen LogP) is 3.17. The standard InChI is InChI=1S/C19H30N6O.3H2/c1-3-10-22-16-6-7-18(23-12-16)24-19(26)14(2)25-11-4-5-15(13-25)17(21)8-9-20;;;/h6-9,12,14-15,20,22H,3-5,10-11,13,21H2,1-2H3,(H,23,24,26);3*1H/b17-8-,20-9?;;;/t14-,15?;;;/m0.../s1. The van der Waals surface area contributed by atoms with Gasteiger partial charge in [0.1, 0.15) is 5.82 Å². The number of carbonyl (C=O) groups excluding carboxylic acids is 1. The second kappa shape index (κ2) is 9.91. The quantitative estimate of drug-likeness (QED) is 0.530. The normalized spacial score (nSPS) is 19.6. The van der Waals surface area contributed by atoms with E-state index in [4.69, 9.17) is 11.1 Å². The number of anilines is 2. The van der Waals surface area contributed by atoms with Gasteiger partial charge in [0.2, 0.25) is 5.91 Å². The highest BCUT2D eigenvalue weighted by atomic mass is 16.2. The van der Waals surface area contributed by atoms with Gasteiger partial charge in [0.25, 0.3) is 0 Å². The van der Waals surface area contributed by atoms with E-state index >= 15 is 0 Å². The summed E-state index contributed by atoms with van der Waals surface area (Å²) in [7, 11) is 0. The molecule has 5 N–H and O–H groups in total. The van der Waals surface area contributed by atoms with E-state index in [9.17, 15) is 4.79 Å². The van der Waals surface area contributed by atoms with Crippen molar-refractivity contribution in [2.75, 3.05) is 30.3 Å². The lowest BCUT2D eigenvalue weighted by molar-refractivity contribution is -0.121. The fourth-order valence-electron chi connectivity index (χ4n) is 3.10. The molecule has 1 amide bonds. The summed E-state index contributed by atoms with van der Waals surface area (Å²) in [6.07, 6.45) is 7.62. The summed E-state index contributed by atoms with van der Waals surface area (Å²) in [6, 6.07) is 3.47. The number of pyridine rings is 1. The summed E-state index contributed by atoms with van der Waals surface area (Å²) in [6.45, 7) is 6.52. The van der Waals surface area contributed by atoms with E-state index in [2.05, 4.69) is 27.4 Å². The zero-order valence-electron chi connectivity index (χ0n) is 15.7. The van der Waals surface area contributed by atoms with Gasteiger partial charge in [-0.15, -0.1) is 0 Å². The number of amides is 1. The van der Waals surface area contributed by atoms with Gasteiger partial charge >= 0.3 is 0 Å². The second-order valence-corrected chi connectivity index (χ2v) is 6.69. The molecule has 0 aromatic carbocycles. The Morgan fingerprint density at radius 1 is 1.58 bits per heavy atom. The molecule has 0 radical (unpaired) electrons. The third kappa shape index (κ3) is 5.56. The van der Waals surface area contributed by atoms with Crippen LogP contribution < -0.4 is 16.4 Å². The second-order valence-electron chi connectivity index (χ2n) is 6.69. The molecule has 1 saturated heterocycles. The minimum atomic E-state index is -0.259. The fraction of sp³-hybridized carbons (Fsp3) is 0.526. The number of carbonyl (C=O) groups is 1. The van der Waals surface area contributed by atoms with Crippen LogP contribution in [0.4, 0.5) is 11.5 Å². The number of nitrogens with zero attached hydrogens (tertiary/aromatic N) is 2. The highest BCUT2D eigenvalue weighted by molar-refractivity contribution is 5.93. The van der Waals surface area contributed by atoms with Gasteiger partial charge in [0.15, 0.2) is 0 Å². The van der Waals surface area contributed by atoms with Crippen LogP contribution >= 0.6 is 0 Å². The Hall–Kier alpha value is -2.41. The highest BCUT2D eigenvalue weighted by Gasteiger charge is 2.28. The highest BCUT2D eigenvalue weighted by Crippen LogP contribution is 2.22. The summed E-state index contributed by atoms with van der Waals surface area (Å²) >= 11 is 0. The maximum Gasteiger partial charge on any atom is 0.242 e. The number of nitrogens with two attached hydrogens (primary N) is 1. The first-order valence-electron chi connectivity index (χ1n) is 9.26. The molecular formula is C19H36N6O. The third-order valence-corrected chi connectivity index (χ3v) is 4.72. The molecule has 7 heteroatoms. The predicted molar refractivity (Wildman–Crippen MR) is 113 cm³/mol. The van der Waals surface area contributed by atoms with Crippen molar-refractivity contribution < 1.29 is 9.07 Å². The molecule has 2 atom stereocenters. The smallest absolute Gasteiger partial charge is 0.242 e. The summed E-state index contributed by atoms with van der Waals surface area (Å²) in [4.78, 5) is 19.0. The van der Waals surface area contributed by atoms with Crippen molar-refractivity contribution in [3.05, 3.63) is 30.1 Å². The lowest BCUT2D eigenvalue weighted by Crippen LogP contribution is -2.47. The number of likely N-dealkylation sites (tertiary alicyclic amines) is 1. The Labute approximate surface area is 160 Å². The van der Waals surface area contributed by atoms with Crippen LogP contribution in [-0.4, -0.2) is 47.7 Å². The van der Waals surface area contributed by atoms with Gasteiger partial charge in [0, 0.05) is 35.2 Å².